The fourth-order valence-corrected chi connectivity index (χ4v) is 1.76. The first kappa shape index (κ1) is 14.5. The van der Waals surface area contributed by atoms with Crippen LogP contribution in [0.15, 0.2) is 18.2 Å². The molecule has 1 aromatic rings. The predicted octanol–water partition coefficient (Wildman–Crippen LogP) is 1.86. The normalized spacial score (nSPS) is 12.0. The number of hydrogen-bond donors (Lipinski definition) is 2. The molecule has 4 heteroatoms. The van der Waals surface area contributed by atoms with Crippen molar-refractivity contribution in [3.8, 4) is 5.75 Å². The van der Waals surface area contributed by atoms with E-state index in [-0.39, 0.29) is 11.9 Å². The maximum atomic E-state index is 12.0. The highest BCUT2D eigenvalue weighted by Gasteiger charge is 2.11. The number of benzene rings is 1. The molecule has 0 aliphatic carbocycles. The molecular formula is C14H22N2O2. The second kappa shape index (κ2) is 7.01. The third kappa shape index (κ3) is 4.04. The second-order valence-corrected chi connectivity index (χ2v) is 4.49. The van der Waals surface area contributed by atoms with Crippen LogP contribution in [0.5, 0.6) is 5.75 Å². The van der Waals surface area contributed by atoms with Crippen LogP contribution in [-0.4, -0.2) is 25.6 Å². The molecule has 0 heterocycles. The van der Waals surface area contributed by atoms with Crippen molar-refractivity contribution in [3.63, 3.8) is 0 Å². The lowest BCUT2D eigenvalue weighted by Gasteiger charge is -2.14. The molecule has 0 fully saturated rings. The zero-order valence-electron chi connectivity index (χ0n) is 11.3. The van der Waals surface area contributed by atoms with Gasteiger partial charge in [0.05, 0.1) is 7.11 Å². The van der Waals surface area contributed by atoms with Crippen molar-refractivity contribution in [2.45, 2.75) is 32.7 Å². The molecule has 0 saturated heterocycles. The monoisotopic (exact) mass is 250 g/mol. The topological polar surface area (TPSA) is 64.3 Å². The Hall–Kier alpha value is -1.55. The van der Waals surface area contributed by atoms with Gasteiger partial charge in [-0.05, 0) is 50.9 Å². The van der Waals surface area contributed by atoms with Crippen molar-refractivity contribution in [2.75, 3.05) is 13.7 Å². The van der Waals surface area contributed by atoms with E-state index in [1.807, 2.05) is 26.0 Å². The Bertz CT molecular complexity index is 405. The Morgan fingerprint density at radius 1 is 1.50 bits per heavy atom. The third-order valence-corrected chi connectivity index (χ3v) is 2.89. The van der Waals surface area contributed by atoms with E-state index in [4.69, 9.17) is 10.5 Å². The smallest absolute Gasteiger partial charge is 0.251 e. The summed E-state index contributed by atoms with van der Waals surface area (Å²) in [6, 6.07) is 5.59. The van der Waals surface area contributed by atoms with E-state index in [0.717, 1.165) is 24.2 Å². The van der Waals surface area contributed by atoms with Crippen LogP contribution in [0.4, 0.5) is 0 Å². The lowest BCUT2D eigenvalue weighted by atomic mass is 10.1. The standard InChI is InChI=1S/C14H22N2O2/c1-10-6-7-12(9-13(10)18-3)14(17)16-11(2)5-4-8-15/h6-7,9,11H,4-5,8,15H2,1-3H3,(H,16,17). The first-order valence-corrected chi connectivity index (χ1v) is 6.24. The minimum absolute atomic E-state index is 0.0715. The Kier molecular flexibility index (Phi) is 5.65. The van der Waals surface area contributed by atoms with Gasteiger partial charge in [0, 0.05) is 11.6 Å². The highest BCUT2D eigenvalue weighted by molar-refractivity contribution is 5.94. The van der Waals surface area contributed by atoms with Gasteiger partial charge in [0.1, 0.15) is 5.75 Å². The lowest BCUT2D eigenvalue weighted by molar-refractivity contribution is 0.0938. The number of hydrogen-bond acceptors (Lipinski definition) is 3. The number of ether oxygens (including phenoxy) is 1. The van der Waals surface area contributed by atoms with E-state index in [1.165, 1.54) is 0 Å². The van der Waals surface area contributed by atoms with Crippen LogP contribution in [0.1, 0.15) is 35.7 Å². The van der Waals surface area contributed by atoms with Crippen LogP contribution in [0.25, 0.3) is 0 Å². The molecule has 100 valence electrons. The minimum Gasteiger partial charge on any atom is -0.496 e. The Morgan fingerprint density at radius 3 is 2.83 bits per heavy atom. The highest BCUT2D eigenvalue weighted by Crippen LogP contribution is 2.18. The Labute approximate surface area is 109 Å². The molecule has 0 spiro atoms. The number of nitrogens with one attached hydrogen (secondary N) is 1. The minimum atomic E-state index is -0.0715. The molecule has 1 rings (SSSR count). The van der Waals surface area contributed by atoms with E-state index < -0.39 is 0 Å². The Balaban J connectivity index is 2.66. The van der Waals surface area contributed by atoms with Gasteiger partial charge in [-0.3, -0.25) is 4.79 Å². The number of amides is 1. The number of methoxy groups -OCH3 is 1. The molecule has 1 amide bonds. The summed E-state index contributed by atoms with van der Waals surface area (Å²) in [5.74, 6) is 0.662. The summed E-state index contributed by atoms with van der Waals surface area (Å²) < 4.78 is 5.21. The average molecular weight is 250 g/mol. The summed E-state index contributed by atoms with van der Waals surface area (Å²) in [4.78, 5) is 12.0. The largest absolute Gasteiger partial charge is 0.496 e. The van der Waals surface area contributed by atoms with E-state index in [0.29, 0.717) is 12.1 Å². The van der Waals surface area contributed by atoms with Crippen LogP contribution < -0.4 is 15.8 Å². The molecule has 1 atom stereocenters. The zero-order chi connectivity index (χ0) is 13.5. The van der Waals surface area contributed by atoms with Crippen LogP contribution >= 0.6 is 0 Å². The first-order chi connectivity index (χ1) is 8.58. The zero-order valence-corrected chi connectivity index (χ0v) is 11.3. The third-order valence-electron chi connectivity index (χ3n) is 2.89. The number of rotatable bonds is 6. The van der Waals surface area contributed by atoms with Gasteiger partial charge in [0.25, 0.3) is 5.91 Å². The SMILES string of the molecule is COc1cc(C(=O)NC(C)CCCN)ccc1C. The van der Waals surface area contributed by atoms with Gasteiger partial charge in [0.2, 0.25) is 0 Å². The summed E-state index contributed by atoms with van der Waals surface area (Å²) in [5.41, 5.74) is 7.09. The van der Waals surface area contributed by atoms with Crippen molar-refractivity contribution < 1.29 is 9.53 Å². The van der Waals surface area contributed by atoms with Crippen molar-refractivity contribution >= 4 is 5.91 Å². The molecule has 18 heavy (non-hydrogen) atoms. The number of nitrogens with two attached hydrogens (primary N) is 1. The van der Waals surface area contributed by atoms with Gasteiger partial charge in [-0.15, -0.1) is 0 Å². The maximum Gasteiger partial charge on any atom is 0.251 e. The number of aryl methyl sites for hydroxylation is 1. The second-order valence-electron chi connectivity index (χ2n) is 4.49. The van der Waals surface area contributed by atoms with Crippen LogP contribution in [0.2, 0.25) is 0 Å². The van der Waals surface area contributed by atoms with Gasteiger partial charge in [-0.25, -0.2) is 0 Å². The summed E-state index contributed by atoms with van der Waals surface area (Å²) in [5, 5.41) is 2.95. The van der Waals surface area contributed by atoms with Gasteiger partial charge < -0.3 is 15.8 Å². The number of carbonyl (C=O) groups excluding carboxylic acids is 1. The molecule has 4 nitrogen and oxygen atoms in total. The van der Waals surface area contributed by atoms with E-state index in [1.54, 1.807) is 13.2 Å². The Morgan fingerprint density at radius 2 is 2.22 bits per heavy atom. The first-order valence-electron chi connectivity index (χ1n) is 6.24. The van der Waals surface area contributed by atoms with Crippen molar-refractivity contribution in [1.29, 1.82) is 0 Å². The average Bonchev–Trinajstić information content (AvgIpc) is 2.36. The summed E-state index contributed by atoms with van der Waals surface area (Å²) in [7, 11) is 1.61. The highest BCUT2D eigenvalue weighted by atomic mass is 16.5. The van der Waals surface area contributed by atoms with Crippen molar-refractivity contribution in [2.24, 2.45) is 5.73 Å². The van der Waals surface area contributed by atoms with Gasteiger partial charge in [-0.2, -0.15) is 0 Å². The van der Waals surface area contributed by atoms with E-state index in [2.05, 4.69) is 5.32 Å². The summed E-state index contributed by atoms with van der Waals surface area (Å²) >= 11 is 0. The molecule has 1 unspecified atom stereocenters. The molecule has 3 N–H and O–H groups in total. The van der Waals surface area contributed by atoms with E-state index in [9.17, 15) is 4.79 Å². The van der Waals surface area contributed by atoms with Crippen LogP contribution in [-0.2, 0) is 0 Å². The lowest BCUT2D eigenvalue weighted by Crippen LogP contribution is -2.32. The molecule has 1 aromatic carbocycles. The predicted molar refractivity (Wildman–Crippen MR) is 72.9 cm³/mol. The number of carbonyl (C=O) groups is 1. The molecular weight excluding hydrogens is 228 g/mol. The summed E-state index contributed by atoms with van der Waals surface area (Å²) in [6.07, 6.45) is 1.81. The molecule has 0 aromatic heterocycles. The molecule has 0 aliphatic heterocycles. The van der Waals surface area contributed by atoms with Crippen molar-refractivity contribution in [1.82, 2.24) is 5.32 Å². The fraction of sp³-hybridized carbons (Fsp3) is 0.500. The maximum absolute atomic E-state index is 12.0. The van der Waals surface area contributed by atoms with Gasteiger partial charge in [0.15, 0.2) is 0 Å². The van der Waals surface area contributed by atoms with Crippen molar-refractivity contribution in [3.05, 3.63) is 29.3 Å². The van der Waals surface area contributed by atoms with Gasteiger partial charge in [-0.1, -0.05) is 6.07 Å². The van der Waals surface area contributed by atoms with Crippen LogP contribution in [0, 0.1) is 6.92 Å². The fourth-order valence-electron chi connectivity index (χ4n) is 1.76. The van der Waals surface area contributed by atoms with E-state index >= 15 is 0 Å². The van der Waals surface area contributed by atoms with Crippen LogP contribution in [0.3, 0.4) is 0 Å². The summed E-state index contributed by atoms with van der Waals surface area (Å²) in [6.45, 7) is 4.59. The molecule has 0 radical (unpaired) electrons. The van der Waals surface area contributed by atoms with Gasteiger partial charge >= 0.3 is 0 Å². The molecule has 0 saturated carbocycles. The molecule has 0 aliphatic rings. The molecule has 0 bridgehead atoms. The quantitative estimate of drug-likeness (QED) is 0.810.